The monoisotopic (exact) mass is 276 g/mol. The second kappa shape index (κ2) is 6.73. The van der Waals surface area contributed by atoms with Gasteiger partial charge in [0.15, 0.2) is 0 Å². The van der Waals surface area contributed by atoms with Crippen molar-refractivity contribution in [1.29, 1.82) is 0 Å². The highest BCUT2D eigenvalue weighted by molar-refractivity contribution is 6.59. The summed E-state index contributed by atoms with van der Waals surface area (Å²) in [5.41, 5.74) is 2.12. The molecule has 0 aliphatic heterocycles. The minimum absolute atomic E-state index is 0.305. The molecule has 19 heavy (non-hydrogen) atoms. The van der Waals surface area contributed by atoms with Gasteiger partial charge < -0.3 is 14.8 Å². The van der Waals surface area contributed by atoms with Crippen LogP contribution < -0.4 is 5.46 Å². The molecule has 2 aromatic rings. The van der Waals surface area contributed by atoms with Gasteiger partial charge in [-0.05, 0) is 22.7 Å². The predicted octanol–water partition coefficient (Wildman–Crippen LogP) is 1.74. The van der Waals surface area contributed by atoms with E-state index in [2.05, 4.69) is 0 Å². The first-order chi connectivity index (χ1) is 9.18. The second-order valence-electron chi connectivity index (χ2n) is 4.16. The Kier molecular flexibility index (Phi) is 4.99. The van der Waals surface area contributed by atoms with Crippen LogP contribution in [0.2, 0.25) is 5.02 Å². The number of rotatable bonds is 5. The highest BCUT2D eigenvalue weighted by Gasteiger charge is 2.14. The van der Waals surface area contributed by atoms with Crippen molar-refractivity contribution in [3.63, 3.8) is 0 Å². The van der Waals surface area contributed by atoms with Crippen LogP contribution in [0.25, 0.3) is 0 Å². The van der Waals surface area contributed by atoms with Crippen molar-refractivity contribution >= 4 is 24.2 Å². The largest absolute Gasteiger partial charge is 0.488 e. The minimum atomic E-state index is -1.49. The maximum absolute atomic E-state index is 9.24. The maximum Gasteiger partial charge on any atom is 0.488 e. The Balaban J connectivity index is 1.98. The van der Waals surface area contributed by atoms with E-state index in [1.54, 1.807) is 18.2 Å². The molecule has 0 spiro atoms. The normalized spacial score (nSPS) is 10.5. The quantitative estimate of drug-likeness (QED) is 0.818. The van der Waals surface area contributed by atoms with Crippen molar-refractivity contribution in [2.75, 3.05) is 0 Å². The van der Waals surface area contributed by atoms with Crippen molar-refractivity contribution in [3.8, 4) is 0 Å². The minimum Gasteiger partial charge on any atom is -0.423 e. The Morgan fingerprint density at radius 2 is 1.47 bits per heavy atom. The number of halogens is 1. The highest BCUT2D eigenvalue weighted by atomic mass is 35.5. The molecular weight excluding hydrogens is 262 g/mol. The molecule has 0 heterocycles. The van der Waals surface area contributed by atoms with E-state index in [9.17, 15) is 10.0 Å². The molecule has 0 saturated heterocycles. The zero-order chi connectivity index (χ0) is 13.7. The topological polar surface area (TPSA) is 49.7 Å². The fraction of sp³-hybridized carbons (Fsp3) is 0.143. The van der Waals surface area contributed by atoms with Gasteiger partial charge >= 0.3 is 7.12 Å². The van der Waals surface area contributed by atoms with Crippen LogP contribution in [0, 0.1) is 0 Å². The molecule has 0 aliphatic carbocycles. The van der Waals surface area contributed by atoms with Gasteiger partial charge in [0.05, 0.1) is 13.2 Å². The predicted molar refractivity (Wildman–Crippen MR) is 76.2 cm³/mol. The van der Waals surface area contributed by atoms with Crippen LogP contribution in [0.15, 0.2) is 48.5 Å². The average molecular weight is 277 g/mol. The van der Waals surface area contributed by atoms with Gasteiger partial charge in [0.25, 0.3) is 0 Å². The Morgan fingerprint density at radius 3 is 2.16 bits per heavy atom. The third kappa shape index (κ3) is 3.82. The summed E-state index contributed by atoms with van der Waals surface area (Å²) >= 11 is 6.03. The molecule has 98 valence electrons. The summed E-state index contributed by atoms with van der Waals surface area (Å²) < 4.78 is 5.57. The standard InChI is InChI=1S/C14H14BClO3/c16-14-8-4-2-6-12(14)10-19-9-11-5-1-3-7-13(11)15(17)18/h1-8,17-18H,9-10H2. The maximum atomic E-state index is 9.24. The fourth-order valence-corrected chi connectivity index (χ4v) is 1.99. The van der Waals surface area contributed by atoms with Crippen molar-refractivity contribution in [1.82, 2.24) is 0 Å². The van der Waals surface area contributed by atoms with E-state index in [0.717, 1.165) is 11.1 Å². The van der Waals surface area contributed by atoms with E-state index in [-0.39, 0.29) is 0 Å². The third-order valence-electron chi connectivity index (χ3n) is 2.81. The summed E-state index contributed by atoms with van der Waals surface area (Å²) in [6.07, 6.45) is 0. The van der Waals surface area contributed by atoms with E-state index in [4.69, 9.17) is 16.3 Å². The molecular formula is C14H14BClO3. The van der Waals surface area contributed by atoms with Crippen LogP contribution in [0.5, 0.6) is 0 Å². The van der Waals surface area contributed by atoms with Gasteiger partial charge in [-0.3, -0.25) is 0 Å². The first-order valence-corrected chi connectivity index (χ1v) is 6.31. The first-order valence-electron chi connectivity index (χ1n) is 5.93. The molecule has 2 aromatic carbocycles. The van der Waals surface area contributed by atoms with Crippen LogP contribution >= 0.6 is 11.6 Å². The summed E-state index contributed by atoms with van der Waals surface area (Å²) in [7, 11) is -1.49. The van der Waals surface area contributed by atoms with Gasteiger partial charge in [0, 0.05) is 5.02 Å². The van der Waals surface area contributed by atoms with E-state index in [0.29, 0.717) is 23.7 Å². The Morgan fingerprint density at radius 1 is 0.895 bits per heavy atom. The van der Waals surface area contributed by atoms with E-state index < -0.39 is 7.12 Å². The summed E-state index contributed by atoms with van der Waals surface area (Å²) in [5, 5.41) is 19.2. The molecule has 5 heteroatoms. The third-order valence-corrected chi connectivity index (χ3v) is 3.17. The van der Waals surface area contributed by atoms with Crippen LogP contribution in [0.1, 0.15) is 11.1 Å². The van der Waals surface area contributed by atoms with Crippen LogP contribution in [0.4, 0.5) is 0 Å². The van der Waals surface area contributed by atoms with Crippen molar-refractivity contribution in [2.45, 2.75) is 13.2 Å². The van der Waals surface area contributed by atoms with Gasteiger partial charge in [-0.25, -0.2) is 0 Å². The summed E-state index contributed by atoms with van der Waals surface area (Å²) in [6, 6.07) is 14.5. The molecule has 0 unspecified atom stereocenters. The van der Waals surface area contributed by atoms with Crippen LogP contribution in [-0.4, -0.2) is 17.2 Å². The Hall–Kier alpha value is -1.33. The van der Waals surface area contributed by atoms with Crippen molar-refractivity contribution in [2.24, 2.45) is 0 Å². The summed E-state index contributed by atoms with van der Waals surface area (Å²) in [6.45, 7) is 0.689. The van der Waals surface area contributed by atoms with Gasteiger partial charge in [0.2, 0.25) is 0 Å². The molecule has 0 aliphatic rings. The summed E-state index contributed by atoms with van der Waals surface area (Å²) in [4.78, 5) is 0. The van der Waals surface area contributed by atoms with Crippen LogP contribution in [-0.2, 0) is 18.0 Å². The molecule has 0 fully saturated rings. The molecule has 0 amide bonds. The lowest BCUT2D eigenvalue weighted by molar-refractivity contribution is 0.107. The van der Waals surface area contributed by atoms with Crippen molar-refractivity contribution in [3.05, 3.63) is 64.7 Å². The average Bonchev–Trinajstić information content (AvgIpc) is 2.41. The first kappa shape index (κ1) is 14.1. The van der Waals surface area contributed by atoms with Gasteiger partial charge in [-0.15, -0.1) is 0 Å². The molecule has 0 bridgehead atoms. The molecule has 3 nitrogen and oxygen atoms in total. The number of hydrogen-bond donors (Lipinski definition) is 2. The van der Waals surface area contributed by atoms with Crippen LogP contribution in [0.3, 0.4) is 0 Å². The smallest absolute Gasteiger partial charge is 0.423 e. The molecule has 0 aromatic heterocycles. The van der Waals surface area contributed by atoms with E-state index in [1.807, 2.05) is 30.3 Å². The van der Waals surface area contributed by atoms with Gasteiger partial charge in [-0.2, -0.15) is 0 Å². The van der Waals surface area contributed by atoms with Gasteiger partial charge in [-0.1, -0.05) is 54.1 Å². The number of benzene rings is 2. The number of hydrogen-bond acceptors (Lipinski definition) is 3. The SMILES string of the molecule is OB(O)c1ccccc1COCc1ccccc1Cl. The molecule has 0 radical (unpaired) electrons. The van der Waals surface area contributed by atoms with Crippen molar-refractivity contribution < 1.29 is 14.8 Å². The Bertz CT molecular complexity index is 546. The molecule has 2 N–H and O–H groups in total. The van der Waals surface area contributed by atoms with E-state index in [1.165, 1.54) is 0 Å². The summed E-state index contributed by atoms with van der Waals surface area (Å²) in [5.74, 6) is 0. The molecule has 0 atom stereocenters. The Labute approximate surface area is 117 Å². The zero-order valence-corrected chi connectivity index (χ0v) is 11.0. The molecule has 2 rings (SSSR count). The lowest BCUT2D eigenvalue weighted by Gasteiger charge is -2.10. The second-order valence-corrected chi connectivity index (χ2v) is 4.56. The molecule has 0 saturated carbocycles. The zero-order valence-electron chi connectivity index (χ0n) is 10.3. The lowest BCUT2D eigenvalue weighted by Crippen LogP contribution is -2.33. The number of ether oxygens (including phenoxy) is 1. The lowest BCUT2D eigenvalue weighted by atomic mass is 9.77. The van der Waals surface area contributed by atoms with Gasteiger partial charge in [0.1, 0.15) is 0 Å². The highest BCUT2D eigenvalue weighted by Crippen LogP contribution is 2.16. The fourth-order valence-electron chi connectivity index (χ4n) is 1.80. The van der Waals surface area contributed by atoms with E-state index >= 15 is 0 Å².